The van der Waals surface area contributed by atoms with Crippen LogP contribution < -0.4 is 0 Å². The summed E-state index contributed by atoms with van der Waals surface area (Å²) in [6.07, 6.45) is 6.29. The number of carbonyl (C=O) groups is 1. The Morgan fingerprint density at radius 3 is 2.65 bits per heavy atom. The molecular formula is C17H22N2O. The van der Waals surface area contributed by atoms with E-state index in [0.29, 0.717) is 6.04 Å². The number of hydrogen-bond acceptors (Lipinski definition) is 2. The molecule has 1 saturated carbocycles. The molecule has 1 aromatic carbocycles. The van der Waals surface area contributed by atoms with E-state index in [0.717, 1.165) is 37.5 Å². The first-order valence-electron chi connectivity index (χ1n) is 7.96. The molecule has 20 heavy (non-hydrogen) atoms. The van der Waals surface area contributed by atoms with Gasteiger partial charge in [-0.15, -0.1) is 0 Å². The van der Waals surface area contributed by atoms with Gasteiger partial charge >= 0.3 is 0 Å². The van der Waals surface area contributed by atoms with Gasteiger partial charge in [0.15, 0.2) is 0 Å². The normalized spacial score (nSPS) is 27.5. The van der Waals surface area contributed by atoms with Gasteiger partial charge in [-0.3, -0.25) is 9.69 Å². The van der Waals surface area contributed by atoms with Crippen molar-refractivity contribution >= 4 is 5.91 Å². The minimum Gasteiger partial charge on any atom is -0.334 e. The van der Waals surface area contributed by atoms with E-state index in [9.17, 15) is 4.79 Å². The Morgan fingerprint density at radius 1 is 1.00 bits per heavy atom. The fraction of sp³-hybridized carbons (Fsp3) is 0.588. The van der Waals surface area contributed by atoms with E-state index in [-0.39, 0.29) is 5.91 Å². The molecule has 1 unspecified atom stereocenters. The number of carbonyl (C=O) groups excluding carboxylic acids is 1. The molecule has 3 aliphatic rings. The van der Waals surface area contributed by atoms with Crippen LogP contribution in [-0.4, -0.2) is 47.4 Å². The molecule has 3 nitrogen and oxygen atoms in total. The Morgan fingerprint density at radius 2 is 1.85 bits per heavy atom. The van der Waals surface area contributed by atoms with Crippen LogP contribution >= 0.6 is 0 Å². The SMILES string of the molecule is O=C1c2ccccc2CCN1C1CCN(C2CCC2)C1. The number of likely N-dealkylation sites (tertiary alicyclic amines) is 1. The third-order valence-electron chi connectivity index (χ3n) is 5.36. The van der Waals surface area contributed by atoms with Crippen molar-refractivity contribution in [2.24, 2.45) is 0 Å². The number of hydrogen-bond donors (Lipinski definition) is 0. The monoisotopic (exact) mass is 270 g/mol. The topological polar surface area (TPSA) is 23.6 Å². The summed E-state index contributed by atoms with van der Waals surface area (Å²) in [7, 11) is 0. The van der Waals surface area contributed by atoms with Crippen LogP contribution in [0.5, 0.6) is 0 Å². The minimum atomic E-state index is 0.257. The van der Waals surface area contributed by atoms with Gasteiger partial charge in [-0.1, -0.05) is 24.6 Å². The Kier molecular flexibility index (Phi) is 3.03. The van der Waals surface area contributed by atoms with Gasteiger partial charge in [0.05, 0.1) is 0 Å². The highest BCUT2D eigenvalue weighted by atomic mass is 16.2. The summed E-state index contributed by atoms with van der Waals surface area (Å²) in [6, 6.07) is 9.36. The zero-order valence-electron chi connectivity index (χ0n) is 11.9. The fourth-order valence-corrected chi connectivity index (χ4v) is 3.90. The van der Waals surface area contributed by atoms with Crippen molar-refractivity contribution in [1.29, 1.82) is 0 Å². The minimum absolute atomic E-state index is 0.257. The van der Waals surface area contributed by atoms with Gasteiger partial charge in [0, 0.05) is 37.3 Å². The van der Waals surface area contributed by atoms with Crippen molar-refractivity contribution in [2.45, 2.75) is 44.2 Å². The van der Waals surface area contributed by atoms with Gasteiger partial charge in [-0.25, -0.2) is 0 Å². The van der Waals surface area contributed by atoms with E-state index < -0.39 is 0 Å². The number of amides is 1. The van der Waals surface area contributed by atoms with Crippen LogP contribution in [0.1, 0.15) is 41.6 Å². The van der Waals surface area contributed by atoms with Crippen LogP contribution in [0.25, 0.3) is 0 Å². The van der Waals surface area contributed by atoms with Crippen molar-refractivity contribution in [2.75, 3.05) is 19.6 Å². The molecule has 1 aromatic rings. The van der Waals surface area contributed by atoms with Crippen molar-refractivity contribution < 1.29 is 4.79 Å². The lowest BCUT2D eigenvalue weighted by molar-refractivity contribution is 0.0647. The maximum absolute atomic E-state index is 12.7. The average Bonchev–Trinajstić information content (AvgIpc) is 2.86. The molecule has 0 spiro atoms. The second-order valence-electron chi connectivity index (χ2n) is 6.43. The molecular weight excluding hydrogens is 248 g/mol. The second-order valence-corrected chi connectivity index (χ2v) is 6.43. The standard InChI is InChI=1S/C17H22N2O/c20-17-16-7-2-1-4-13(16)8-11-19(17)15-9-10-18(12-15)14-5-3-6-14/h1-2,4,7,14-15H,3,5-6,8-12H2. The molecule has 4 rings (SSSR count). The molecule has 1 aliphatic carbocycles. The first-order valence-corrected chi connectivity index (χ1v) is 7.96. The van der Waals surface area contributed by atoms with Crippen LogP contribution in [0.2, 0.25) is 0 Å². The van der Waals surface area contributed by atoms with E-state index >= 15 is 0 Å². The Labute approximate surface area is 120 Å². The predicted octanol–water partition coefficient (Wildman–Crippen LogP) is 2.31. The summed E-state index contributed by atoms with van der Waals surface area (Å²) in [5, 5.41) is 0. The predicted molar refractivity (Wildman–Crippen MR) is 78.8 cm³/mol. The lowest BCUT2D eigenvalue weighted by Crippen LogP contribution is -2.47. The lowest BCUT2D eigenvalue weighted by atomic mass is 9.92. The number of fused-ring (bicyclic) bond motifs is 1. The van der Waals surface area contributed by atoms with Crippen molar-refractivity contribution in [1.82, 2.24) is 9.80 Å². The maximum atomic E-state index is 12.7. The first-order chi connectivity index (χ1) is 9.83. The summed E-state index contributed by atoms with van der Waals surface area (Å²) in [4.78, 5) is 17.4. The molecule has 0 bridgehead atoms. The van der Waals surface area contributed by atoms with Crippen molar-refractivity contribution in [3.8, 4) is 0 Å². The summed E-state index contributed by atoms with van der Waals surface area (Å²) in [5.41, 5.74) is 2.16. The highest BCUT2D eigenvalue weighted by molar-refractivity contribution is 5.97. The van der Waals surface area contributed by atoms with Gasteiger partial charge < -0.3 is 4.90 Å². The zero-order valence-corrected chi connectivity index (χ0v) is 11.9. The van der Waals surface area contributed by atoms with Gasteiger partial charge in [0.25, 0.3) is 5.91 Å². The first kappa shape index (κ1) is 12.4. The molecule has 1 atom stereocenters. The molecule has 2 heterocycles. The van der Waals surface area contributed by atoms with Gasteiger partial charge in [-0.05, 0) is 37.3 Å². The zero-order chi connectivity index (χ0) is 13.5. The summed E-state index contributed by atoms with van der Waals surface area (Å²) < 4.78 is 0. The van der Waals surface area contributed by atoms with Gasteiger partial charge in [-0.2, -0.15) is 0 Å². The Bertz CT molecular complexity index is 523. The van der Waals surface area contributed by atoms with Gasteiger partial charge in [0.2, 0.25) is 0 Å². The molecule has 1 saturated heterocycles. The molecule has 106 valence electrons. The quantitative estimate of drug-likeness (QED) is 0.823. The second kappa shape index (κ2) is 4.88. The lowest BCUT2D eigenvalue weighted by Gasteiger charge is -2.37. The Hall–Kier alpha value is -1.35. The molecule has 0 N–H and O–H groups in total. The smallest absolute Gasteiger partial charge is 0.254 e. The Balaban J connectivity index is 1.49. The highest BCUT2D eigenvalue weighted by Gasteiger charge is 2.37. The third kappa shape index (κ3) is 1.96. The maximum Gasteiger partial charge on any atom is 0.254 e. The number of benzene rings is 1. The third-order valence-corrected chi connectivity index (χ3v) is 5.36. The summed E-state index contributed by atoms with van der Waals surface area (Å²) in [6.45, 7) is 3.18. The number of rotatable bonds is 2. The molecule has 0 aromatic heterocycles. The van der Waals surface area contributed by atoms with Crippen LogP contribution in [0.3, 0.4) is 0 Å². The van der Waals surface area contributed by atoms with Gasteiger partial charge in [0.1, 0.15) is 0 Å². The van der Waals surface area contributed by atoms with Crippen LogP contribution in [0, 0.1) is 0 Å². The van der Waals surface area contributed by atoms with E-state index in [4.69, 9.17) is 0 Å². The van der Waals surface area contributed by atoms with Crippen LogP contribution in [-0.2, 0) is 6.42 Å². The molecule has 0 radical (unpaired) electrons. The van der Waals surface area contributed by atoms with Crippen molar-refractivity contribution in [3.05, 3.63) is 35.4 Å². The van der Waals surface area contributed by atoms with E-state index in [1.807, 2.05) is 18.2 Å². The highest BCUT2D eigenvalue weighted by Crippen LogP contribution is 2.30. The van der Waals surface area contributed by atoms with E-state index in [1.54, 1.807) is 0 Å². The average molecular weight is 270 g/mol. The van der Waals surface area contributed by atoms with Crippen molar-refractivity contribution in [3.63, 3.8) is 0 Å². The number of nitrogens with zero attached hydrogens (tertiary/aromatic N) is 2. The molecule has 3 heteroatoms. The fourth-order valence-electron chi connectivity index (χ4n) is 3.90. The summed E-state index contributed by atoms with van der Waals surface area (Å²) >= 11 is 0. The summed E-state index contributed by atoms with van der Waals surface area (Å²) in [5.74, 6) is 0.257. The molecule has 2 aliphatic heterocycles. The van der Waals surface area contributed by atoms with Crippen LogP contribution in [0.15, 0.2) is 24.3 Å². The molecule has 1 amide bonds. The molecule has 2 fully saturated rings. The van der Waals surface area contributed by atoms with Crippen LogP contribution in [0.4, 0.5) is 0 Å². The van der Waals surface area contributed by atoms with E-state index in [1.165, 1.54) is 31.4 Å². The largest absolute Gasteiger partial charge is 0.334 e. The van der Waals surface area contributed by atoms with E-state index in [2.05, 4.69) is 15.9 Å².